The number of hydrogen-bond acceptors (Lipinski definition) is 2. The van der Waals surface area contributed by atoms with E-state index in [-0.39, 0.29) is 5.91 Å². The molecular formula is C16H23NO2. The summed E-state index contributed by atoms with van der Waals surface area (Å²) in [6.07, 6.45) is 4.19. The van der Waals surface area contributed by atoms with Crippen molar-refractivity contribution in [1.82, 2.24) is 5.32 Å². The Hall–Kier alpha value is -1.51. The van der Waals surface area contributed by atoms with Crippen molar-refractivity contribution < 1.29 is 9.53 Å². The smallest absolute Gasteiger partial charge is 0.260 e. The highest BCUT2D eigenvalue weighted by atomic mass is 16.5. The molecule has 1 aromatic rings. The molecule has 1 fully saturated rings. The van der Waals surface area contributed by atoms with Crippen molar-refractivity contribution in [2.45, 2.75) is 58.6 Å². The number of hydrogen-bond donors (Lipinski definition) is 1. The first-order valence-electron chi connectivity index (χ1n) is 7.10. The van der Waals surface area contributed by atoms with Crippen LogP contribution in [0.1, 0.15) is 43.7 Å². The van der Waals surface area contributed by atoms with Gasteiger partial charge in [-0.3, -0.25) is 4.79 Å². The van der Waals surface area contributed by atoms with Crippen LogP contribution in [-0.2, 0) is 4.79 Å². The summed E-state index contributed by atoms with van der Waals surface area (Å²) in [6.45, 7) is 5.87. The van der Waals surface area contributed by atoms with E-state index in [1.165, 1.54) is 12.8 Å². The van der Waals surface area contributed by atoms with E-state index in [4.69, 9.17) is 4.74 Å². The Bertz CT molecular complexity index is 430. The van der Waals surface area contributed by atoms with Crippen LogP contribution in [0.15, 0.2) is 18.2 Å². The first-order chi connectivity index (χ1) is 9.04. The van der Waals surface area contributed by atoms with Crippen molar-refractivity contribution in [3.8, 4) is 5.75 Å². The minimum atomic E-state index is -0.443. The van der Waals surface area contributed by atoms with Gasteiger partial charge in [0, 0.05) is 6.04 Å². The van der Waals surface area contributed by atoms with Crippen molar-refractivity contribution in [3.05, 3.63) is 29.3 Å². The first-order valence-corrected chi connectivity index (χ1v) is 7.10. The van der Waals surface area contributed by atoms with Crippen LogP contribution < -0.4 is 10.1 Å². The maximum absolute atomic E-state index is 12.0. The average molecular weight is 261 g/mol. The summed E-state index contributed by atoms with van der Waals surface area (Å²) in [5.41, 5.74) is 2.30. The van der Waals surface area contributed by atoms with Crippen molar-refractivity contribution in [2.24, 2.45) is 0 Å². The van der Waals surface area contributed by atoms with Crippen LogP contribution in [0.2, 0.25) is 0 Å². The molecule has 0 saturated heterocycles. The van der Waals surface area contributed by atoms with Gasteiger partial charge in [-0.15, -0.1) is 0 Å². The van der Waals surface area contributed by atoms with Gasteiger partial charge < -0.3 is 10.1 Å². The summed E-state index contributed by atoms with van der Waals surface area (Å²) >= 11 is 0. The highest BCUT2D eigenvalue weighted by Gasteiger charge is 2.21. The molecule has 1 aliphatic rings. The van der Waals surface area contributed by atoms with Gasteiger partial charge in [0.25, 0.3) is 5.91 Å². The van der Waals surface area contributed by atoms with Gasteiger partial charge in [-0.2, -0.15) is 0 Å². The van der Waals surface area contributed by atoms with E-state index in [1.807, 2.05) is 32.9 Å². The molecule has 104 valence electrons. The Labute approximate surface area is 115 Å². The van der Waals surface area contributed by atoms with Gasteiger partial charge in [-0.25, -0.2) is 0 Å². The third kappa shape index (κ3) is 3.98. The first kappa shape index (κ1) is 13.9. The van der Waals surface area contributed by atoms with Crippen LogP contribution >= 0.6 is 0 Å². The Balaban J connectivity index is 1.91. The fourth-order valence-corrected chi connectivity index (χ4v) is 2.65. The third-order valence-electron chi connectivity index (χ3n) is 3.58. The van der Waals surface area contributed by atoms with Gasteiger partial charge in [0.2, 0.25) is 0 Å². The van der Waals surface area contributed by atoms with Crippen LogP contribution in [0.25, 0.3) is 0 Å². The molecule has 1 atom stereocenters. The molecule has 0 spiro atoms. The minimum absolute atomic E-state index is 0.00828. The largest absolute Gasteiger partial charge is 0.481 e. The Morgan fingerprint density at radius 3 is 2.37 bits per heavy atom. The fraction of sp³-hybridized carbons (Fsp3) is 0.562. The standard InChI is InChI=1S/C16H23NO2/c1-11-8-12(2)10-15(9-11)19-13(3)16(18)17-14-6-4-5-7-14/h8-10,13-14H,4-7H2,1-3H3,(H,17,18)/t13-/m1/s1. The number of carbonyl (C=O) groups excluding carboxylic acids is 1. The van der Waals surface area contributed by atoms with Gasteiger partial charge >= 0.3 is 0 Å². The highest BCUT2D eigenvalue weighted by molar-refractivity contribution is 5.81. The molecule has 1 amide bonds. The third-order valence-corrected chi connectivity index (χ3v) is 3.58. The normalized spacial score (nSPS) is 17.2. The van der Waals surface area contributed by atoms with Crippen molar-refractivity contribution >= 4 is 5.91 Å². The van der Waals surface area contributed by atoms with Gasteiger partial charge in [-0.05, 0) is 56.9 Å². The highest BCUT2D eigenvalue weighted by Crippen LogP contribution is 2.19. The molecule has 0 unspecified atom stereocenters. The van der Waals surface area contributed by atoms with Crippen molar-refractivity contribution in [3.63, 3.8) is 0 Å². The molecule has 0 bridgehead atoms. The lowest BCUT2D eigenvalue weighted by atomic mass is 10.1. The predicted molar refractivity (Wildman–Crippen MR) is 76.4 cm³/mol. The van der Waals surface area contributed by atoms with Crippen LogP contribution in [0.5, 0.6) is 5.75 Å². The van der Waals surface area contributed by atoms with E-state index < -0.39 is 6.10 Å². The number of aryl methyl sites for hydroxylation is 2. The molecule has 0 aliphatic heterocycles. The second kappa shape index (κ2) is 6.09. The fourth-order valence-electron chi connectivity index (χ4n) is 2.65. The molecule has 3 nitrogen and oxygen atoms in total. The van der Waals surface area contributed by atoms with E-state index in [1.54, 1.807) is 0 Å². The van der Waals surface area contributed by atoms with E-state index in [2.05, 4.69) is 11.4 Å². The topological polar surface area (TPSA) is 38.3 Å². The average Bonchev–Trinajstić information content (AvgIpc) is 2.80. The number of nitrogens with one attached hydrogen (secondary N) is 1. The van der Waals surface area contributed by atoms with E-state index >= 15 is 0 Å². The Morgan fingerprint density at radius 1 is 1.21 bits per heavy atom. The van der Waals surface area contributed by atoms with E-state index in [0.29, 0.717) is 6.04 Å². The lowest BCUT2D eigenvalue weighted by Gasteiger charge is -2.18. The molecule has 1 N–H and O–H groups in total. The van der Waals surface area contributed by atoms with Gasteiger partial charge in [0.05, 0.1) is 0 Å². The molecule has 1 aromatic carbocycles. The van der Waals surface area contributed by atoms with E-state index in [9.17, 15) is 4.79 Å². The zero-order valence-corrected chi connectivity index (χ0v) is 12.0. The molecule has 0 heterocycles. The lowest BCUT2D eigenvalue weighted by Crippen LogP contribution is -2.41. The van der Waals surface area contributed by atoms with Crippen LogP contribution in [0, 0.1) is 13.8 Å². The molecule has 1 saturated carbocycles. The summed E-state index contributed by atoms with van der Waals surface area (Å²) in [5.74, 6) is 0.762. The molecule has 2 rings (SSSR count). The summed E-state index contributed by atoms with van der Waals surface area (Å²) in [5, 5.41) is 3.06. The van der Waals surface area contributed by atoms with E-state index in [0.717, 1.165) is 29.7 Å². The quantitative estimate of drug-likeness (QED) is 0.904. The maximum Gasteiger partial charge on any atom is 0.260 e. The number of amides is 1. The summed E-state index contributed by atoms with van der Waals surface area (Å²) in [4.78, 5) is 12.0. The molecule has 19 heavy (non-hydrogen) atoms. The zero-order valence-electron chi connectivity index (χ0n) is 12.0. The number of rotatable bonds is 4. The van der Waals surface area contributed by atoms with Crippen LogP contribution in [0.4, 0.5) is 0 Å². The molecular weight excluding hydrogens is 238 g/mol. The number of benzene rings is 1. The second-order valence-corrected chi connectivity index (χ2v) is 5.57. The number of carbonyl (C=O) groups is 1. The summed E-state index contributed by atoms with van der Waals surface area (Å²) < 4.78 is 5.74. The van der Waals surface area contributed by atoms with Crippen LogP contribution in [0.3, 0.4) is 0 Å². The predicted octanol–water partition coefficient (Wildman–Crippen LogP) is 3.13. The Morgan fingerprint density at radius 2 is 1.79 bits per heavy atom. The minimum Gasteiger partial charge on any atom is -0.481 e. The number of ether oxygens (including phenoxy) is 1. The van der Waals surface area contributed by atoms with Gasteiger partial charge in [0.15, 0.2) is 6.10 Å². The summed E-state index contributed by atoms with van der Waals surface area (Å²) in [7, 11) is 0. The monoisotopic (exact) mass is 261 g/mol. The van der Waals surface area contributed by atoms with Crippen molar-refractivity contribution in [1.29, 1.82) is 0 Å². The molecule has 0 radical (unpaired) electrons. The lowest BCUT2D eigenvalue weighted by molar-refractivity contribution is -0.127. The zero-order chi connectivity index (χ0) is 13.8. The van der Waals surface area contributed by atoms with Crippen molar-refractivity contribution in [2.75, 3.05) is 0 Å². The Kier molecular flexibility index (Phi) is 4.46. The molecule has 1 aliphatic carbocycles. The van der Waals surface area contributed by atoms with Crippen LogP contribution in [-0.4, -0.2) is 18.1 Å². The molecule has 0 aromatic heterocycles. The summed E-state index contributed by atoms with van der Waals surface area (Å²) in [6, 6.07) is 6.37. The molecule has 3 heteroatoms. The maximum atomic E-state index is 12.0. The van der Waals surface area contributed by atoms with Gasteiger partial charge in [-0.1, -0.05) is 18.9 Å². The second-order valence-electron chi connectivity index (χ2n) is 5.57. The SMILES string of the molecule is Cc1cc(C)cc(O[C@H](C)C(=O)NC2CCCC2)c1. The van der Waals surface area contributed by atoms with Gasteiger partial charge in [0.1, 0.15) is 5.75 Å².